The molecule has 35 heavy (non-hydrogen) atoms. The van der Waals surface area contributed by atoms with E-state index in [1.165, 1.54) is 0 Å². The van der Waals surface area contributed by atoms with Crippen LogP contribution in [0.4, 0.5) is 11.4 Å². The Bertz CT molecular complexity index is 956. The van der Waals surface area contributed by atoms with E-state index in [-0.39, 0.29) is 48.6 Å². The molecule has 2 aromatic rings. The highest BCUT2D eigenvalue weighted by Crippen LogP contribution is 2.14. The van der Waals surface area contributed by atoms with Gasteiger partial charge in [0.1, 0.15) is 0 Å². The van der Waals surface area contributed by atoms with Crippen LogP contribution in [0.5, 0.6) is 0 Å². The number of carbonyl (C=O) groups is 4. The van der Waals surface area contributed by atoms with E-state index in [0.29, 0.717) is 28.9 Å². The molecule has 0 radical (unpaired) electrons. The van der Waals surface area contributed by atoms with Gasteiger partial charge in [-0.25, -0.2) is 0 Å². The van der Waals surface area contributed by atoms with Gasteiger partial charge in [0.05, 0.1) is 0 Å². The van der Waals surface area contributed by atoms with Gasteiger partial charge in [-0.05, 0) is 69.5 Å². The Morgan fingerprint density at radius 1 is 0.686 bits per heavy atom. The largest absolute Gasteiger partial charge is 0.350 e. The maximum Gasteiger partial charge on any atom is 0.251 e. The van der Waals surface area contributed by atoms with E-state index in [1.807, 2.05) is 27.7 Å². The summed E-state index contributed by atoms with van der Waals surface area (Å²) in [5.74, 6) is -0.843. The first-order chi connectivity index (χ1) is 16.7. The molecule has 188 valence electrons. The minimum absolute atomic E-state index is 0.0660. The summed E-state index contributed by atoms with van der Waals surface area (Å²) in [5.41, 5.74) is 2.01. The maximum absolute atomic E-state index is 12.3. The summed E-state index contributed by atoms with van der Waals surface area (Å²) in [5, 5.41) is 11.3. The SMILES string of the molecule is CCC(C)NC(=O)c1cccc(NC(=O)CCCC(=O)Nc2cccc(C(=O)NC(C)CC)c2)c1. The van der Waals surface area contributed by atoms with Crippen molar-refractivity contribution in [2.24, 2.45) is 0 Å². The fourth-order valence-corrected chi connectivity index (χ4v) is 3.15. The van der Waals surface area contributed by atoms with Crippen LogP contribution in [0.1, 0.15) is 80.5 Å². The van der Waals surface area contributed by atoms with Crippen LogP contribution < -0.4 is 21.3 Å². The molecule has 0 saturated carbocycles. The monoisotopic (exact) mass is 480 g/mol. The van der Waals surface area contributed by atoms with Gasteiger partial charge in [0, 0.05) is 47.4 Å². The second-order valence-electron chi connectivity index (χ2n) is 8.68. The Hall–Kier alpha value is -3.68. The van der Waals surface area contributed by atoms with E-state index in [2.05, 4.69) is 21.3 Å². The molecule has 0 fully saturated rings. The molecule has 2 atom stereocenters. The zero-order valence-electron chi connectivity index (χ0n) is 20.9. The first kappa shape index (κ1) is 27.6. The Balaban J connectivity index is 1.80. The molecule has 4 N–H and O–H groups in total. The predicted molar refractivity (Wildman–Crippen MR) is 138 cm³/mol. The third-order valence-corrected chi connectivity index (χ3v) is 5.60. The minimum Gasteiger partial charge on any atom is -0.350 e. The van der Waals surface area contributed by atoms with E-state index in [9.17, 15) is 19.2 Å². The van der Waals surface area contributed by atoms with Crippen molar-refractivity contribution >= 4 is 35.0 Å². The van der Waals surface area contributed by atoms with E-state index < -0.39 is 0 Å². The molecule has 0 saturated heterocycles. The summed E-state index contributed by atoms with van der Waals surface area (Å²) in [6.45, 7) is 7.85. The standard InChI is InChI=1S/C27H36N4O4/c1-5-18(3)28-26(34)20-10-7-12-22(16-20)30-24(32)14-9-15-25(33)31-23-13-8-11-21(17-23)27(35)29-19(4)6-2/h7-8,10-13,16-19H,5-6,9,14-15H2,1-4H3,(H,28,34)(H,29,35)(H,30,32)(H,31,33). The van der Waals surface area contributed by atoms with Gasteiger partial charge in [0.2, 0.25) is 11.8 Å². The second kappa shape index (κ2) is 13.9. The summed E-state index contributed by atoms with van der Waals surface area (Å²) in [4.78, 5) is 49.2. The van der Waals surface area contributed by atoms with Gasteiger partial charge in [-0.3, -0.25) is 19.2 Å². The predicted octanol–water partition coefficient (Wildman–Crippen LogP) is 4.49. The van der Waals surface area contributed by atoms with E-state index in [4.69, 9.17) is 0 Å². The van der Waals surface area contributed by atoms with Gasteiger partial charge in [0.25, 0.3) is 11.8 Å². The zero-order valence-corrected chi connectivity index (χ0v) is 20.9. The van der Waals surface area contributed by atoms with Gasteiger partial charge in [0.15, 0.2) is 0 Å². The van der Waals surface area contributed by atoms with Crippen molar-refractivity contribution in [3.63, 3.8) is 0 Å². The van der Waals surface area contributed by atoms with Crippen molar-refractivity contribution in [1.29, 1.82) is 0 Å². The smallest absolute Gasteiger partial charge is 0.251 e. The van der Waals surface area contributed by atoms with Crippen LogP contribution in [-0.2, 0) is 9.59 Å². The van der Waals surface area contributed by atoms with Crippen LogP contribution in [0.15, 0.2) is 48.5 Å². The second-order valence-corrected chi connectivity index (χ2v) is 8.68. The lowest BCUT2D eigenvalue weighted by molar-refractivity contribution is -0.117. The summed E-state index contributed by atoms with van der Waals surface area (Å²) < 4.78 is 0. The van der Waals surface area contributed by atoms with Gasteiger partial charge in [-0.2, -0.15) is 0 Å². The first-order valence-corrected chi connectivity index (χ1v) is 12.1. The Labute approximate surface area is 207 Å². The molecule has 8 nitrogen and oxygen atoms in total. The van der Waals surface area contributed by atoms with Crippen molar-refractivity contribution < 1.29 is 19.2 Å². The van der Waals surface area contributed by atoms with Crippen LogP contribution in [0.25, 0.3) is 0 Å². The van der Waals surface area contributed by atoms with Crippen LogP contribution in [0.2, 0.25) is 0 Å². The number of anilines is 2. The Morgan fingerprint density at radius 2 is 1.09 bits per heavy atom. The van der Waals surface area contributed by atoms with Crippen LogP contribution in [0.3, 0.4) is 0 Å². The summed E-state index contributed by atoms with van der Waals surface area (Å²) >= 11 is 0. The number of rotatable bonds is 12. The quantitative estimate of drug-likeness (QED) is 0.358. The van der Waals surface area contributed by atoms with Crippen molar-refractivity contribution in [3.05, 3.63) is 59.7 Å². The first-order valence-electron chi connectivity index (χ1n) is 12.1. The molecule has 2 aromatic carbocycles. The summed E-state index contributed by atoms with van der Waals surface area (Å²) in [6.07, 6.45) is 2.34. The highest BCUT2D eigenvalue weighted by molar-refractivity contribution is 5.98. The molecule has 0 aromatic heterocycles. The van der Waals surface area contributed by atoms with Crippen LogP contribution >= 0.6 is 0 Å². The molecule has 8 heteroatoms. The lowest BCUT2D eigenvalue weighted by Crippen LogP contribution is -2.31. The average Bonchev–Trinajstić information content (AvgIpc) is 2.84. The Morgan fingerprint density at radius 3 is 1.46 bits per heavy atom. The third-order valence-electron chi connectivity index (χ3n) is 5.60. The topological polar surface area (TPSA) is 116 Å². The molecule has 0 bridgehead atoms. The average molecular weight is 481 g/mol. The van der Waals surface area contributed by atoms with Crippen molar-refractivity contribution in [2.75, 3.05) is 10.6 Å². The van der Waals surface area contributed by atoms with Gasteiger partial charge >= 0.3 is 0 Å². The fourth-order valence-electron chi connectivity index (χ4n) is 3.15. The number of hydrogen-bond acceptors (Lipinski definition) is 4. The van der Waals surface area contributed by atoms with Gasteiger partial charge in [-0.1, -0.05) is 26.0 Å². The molecular formula is C27H36N4O4. The zero-order chi connectivity index (χ0) is 25.8. The van der Waals surface area contributed by atoms with Crippen molar-refractivity contribution in [2.45, 2.75) is 71.9 Å². The molecule has 4 amide bonds. The van der Waals surface area contributed by atoms with Crippen LogP contribution in [0, 0.1) is 0 Å². The highest BCUT2D eigenvalue weighted by Gasteiger charge is 2.12. The molecule has 0 aliphatic heterocycles. The molecular weight excluding hydrogens is 444 g/mol. The minimum atomic E-state index is -0.235. The van der Waals surface area contributed by atoms with E-state index >= 15 is 0 Å². The number of carbonyl (C=O) groups excluding carboxylic acids is 4. The molecule has 0 heterocycles. The van der Waals surface area contributed by atoms with Crippen LogP contribution in [-0.4, -0.2) is 35.7 Å². The molecule has 2 rings (SSSR count). The molecule has 0 aliphatic rings. The molecule has 0 spiro atoms. The van der Waals surface area contributed by atoms with Crippen molar-refractivity contribution in [3.8, 4) is 0 Å². The highest BCUT2D eigenvalue weighted by atomic mass is 16.2. The lowest BCUT2D eigenvalue weighted by atomic mass is 10.1. The molecule has 2 unspecified atom stereocenters. The third kappa shape index (κ3) is 9.60. The maximum atomic E-state index is 12.3. The Kier molecular flexibility index (Phi) is 10.9. The van der Waals surface area contributed by atoms with E-state index in [0.717, 1.165) is 12.8 Å². The van der Waals surface area contributed by atoms with E-state index in [1.54, 1.807) is 48.5 Å². The molecule has 0 aliphatic carbocycles. The van der Waals surface area contributed by atoms with Crippen molar-refractivity contribution in [1.82, 2.24) is 10.6 Å². The summed E-state index contributed by atoms with van der Waals surface area (Å²) in [7, 11) is 0. The summed E-state index contributed by atoms with van der Waals surface area (Å²) in [6, 6.07) is 13.6. The number of nitrogens with one attached hydrogen (secondary N) is 4. The lowest BCUT2D eigenvalue weighted by Gasteiger charge is -2.12. The normalized spacial score (nSPS) is 12.2. The number of amides is 4. The fraction of sp³-hybridized carbons (Fsp3) is 0.407. The number of benzene rings is 2. The number of hydrogen-bond donors (Lipinski definition) is 4. The van der Waals surface area contributed by atoms with Gasteiger partial charge < -0.3 is 21.3 Å². The van der Waals surface area contributed by atoms with Gasteiger partial charge in [-0.15, -0.1) is 0 Å².